The van der Waals surface area contributed by atoms with Crippen molar-refractivity contribution in [2.24, 2.45) is 0 Å². The van der Waals surface area contributed by atoms with Crippen molar-refractivity contribution in [3.63, 3.8) is 0 Å². The molecule has 0 saturated carbocycles. The molecule has 0 aliphatic rings. The molecule has 0 bridgehead atoms. The third-order valence-corrected chi connectivity index (χ3v) is 5.16. The molecule has 2 aromatic carbocycles. The number of anilines is 1. The summed E-state index contributed by atoms with van der Waals surface area (Å²) in [5.41, 5.74) is 0.287. The lowest BCUT2D eigenvalue weighted by atomic mass is 10.2. The number of halogens is 1. The van der Waals surface area contributed by atoms with Crippen LogP contribution in [0.15, 0.2) is 45.8 Å². The number of sulfonamides is 1. The smallest absolute Gasteiger partial charge is 0.337 e. The molecule has 2 aromatic rings. The summed E-state index contributed by atoms with van der Waals surface area (Å²) in [5, 5.41) is 0. The van der Waals surface area contributed by atoms with Crippen LogP contribution in [0.25, 0.3) is 0 Å². The minimum atomic E-state index is -4.00. The van der Waals surface area contributed by atoms with Gasteiger partial charge in [-0.25, -0.2) is 13.2 Å². The van der Waals surface area contributed by atoms with Gasteiger partial charge in [-0.05, 0) is 36.4 Å². The number of rotatable bonds is 6. The van der Waals surface area contributed by atoms with Crippen molar-refractivity contribution in [2.75, 3.05) is 26.1 Å². The number of carbonyl (C=O) groups excluding carboxylic acids is 1. The second-order valence-corrected chi connectivity index (χ2v) is 7.37. The van der Waals surface area contributed by atoms with Gasteiger partial charge in [0, 0.05) is 4.47 Å². The molecule has 134 valence electrons. The number of hydrogen-bond donors (Lipinski definition) is 1. The van der Waals surface area contributed by atoms with Crippen molar-refractivity contribution in [3.8, 4) is 11.5 Å². The Morgan fingerprint density at radius 3 is 2.24 bits per heavy atom. The minimum Gasteiger partial charge on any atom is -0.495 e. The van der Waals surface area contributed by atoms with Crippen LogP contribution in [0.5, 0.6) is 11.5 Å². The molecule has 1 N–H and O–H groups in total. The topological polar surface area (TPSA) is 90.9 Å². The van der Waals surface area contributed by atoms with Gasteiger partial charge in [0.15, 0.2) is 0 Å². The zero-order valence-electron chi connectivity index (χ0n) is 13.7. The fourth-order valence-electron chi connectivity index (χ4n) is 2.09. The van der Waals surface area contributed by atoms with Crippen LogP contribution >= 0.6 is 15.9 Å². The Labute approximate surface area is 154 Å². The van der Waals surface area contributed by atoms with Crippen molar-refractivity contribution in [3.05, 3.63) is 46.4 Å². The van der Waals surface area contributed by atoms with Gasteiger partial charge in [0.2, 0.25) is 0 Å². The van der Waals surface area contributed by atoms with Crippen LogP contribution in [0, 0.1) is 0 Å². The third-order valence-electron chi connectivity index (χ3n) is 3.28. The van der Waals surface area contributed by atoms with E-state index in [2.05, 4.69) is 25.4 Å². The number of hydrogen-bond acceptors (Lipinski definition) is 6. The maximum Gasteiger partial charge on any atom is 0.337 e. The summed E-state index contributed by atoms with van der Waals surface area (Å²) >= 11 is 3.24. The zero-order valence-corrected chi connectivity index (χ0v) is 16.1. The second kappa shape index (κ2) is 7.75. The maximum absolute atomic E-state index is 12.8. The predicted octanol–water partition coefficient (Wildman–Crippen LogP) is 3.05. The highest BCUT2D eigenvalue weighted by Gasteiger charge is 2.22. The van der Waals surface area contributed by atoms with E-state index in [0.717, 1.165) is 0 Å². The summed E-state index contributed by atoms with van der Waals surface area (Å²) in [4.78, 5) is 11.6. The molecule has 0 radical (unpaired) electrons. The first-order chi connectivity index (χ1) is 11.8. The molecular weight excluding hydrogens is 414 g/mol. The molecule has 0 saturated heterocycles. The molecule has 0 aromatic heterocycles. The fraction of sp³-hybridized carbons (Fsp3) is 0.188. The van der Waals surface area contributed by atoms with E-state index in [0.29, 0.717) is 4.47 Å². The Kier molecular flexibility index (Phi) is 5.91. The Bertz CT molecular complexity index is 897. The Morgan fingerprint density at radius 1 is 1.00 bits per heavy atom. The largest absolute Gasteiger partial charge is 0.495 e. The van der Waals surface area contributed by atoms with Gasteiger partial charge in [-0.3, -0.25) is 4.72 Å². The van der Waals surface area contributed by atoms with Gasteiger partial charge >= 0.3 is 5.97 Å². The molecule has 2 rings (SSSR count). The van der Waals surface area contributed by atoms with Gasteiger partial charge in [-0.2, -0.15) is 0 Å². The monoisotopic (exact) mass is 429 g/mol. The molecular formula is C16H16BrNO6S. The number of nitrogens with one attached hydrogen (secondary N) is 1. The van der Waals surface area contributed by atoms with E-state index in [1.54, 1.807) is 6.07 Å². The van der Waals surface area contributed by atoms with E-state index >= 15 is 0 Å². The first kappa shape index (κ1) is 19.1. The van der Waals surface area contributed by atoms with E-state index in [-0.39, 0.29) is 27.6 Å². The first-order valence-corrected chi connectivity index (χ1v) is 9.22. The Hall–Kier alpha value is -2.26. The maximum atomic E-state index is 12.8. The van der Waals surface area contributed by atoms with Gasteiger partial charge in [0.25, 0.3) is 10.0 Å². The summed E-state index contributed by atoms with van der Waals surface area (Å²) in [6, 6.07) is 8.89. The van der Waals surface area contributed by atoms with E-state index in [1.807, 2.05) is 0 Å². The van der Waals surface area contributed by atoms with Crippen molar-refractivity contribution < 1.29 is 27.4 Å². The molecule has 0 aliphatic heterocycles. The van der Waals surface area contributed by atoms with E-state index < -0.39 is 16.0 Å². The van der Waals surface area contributed by atoms with E-state index in [4.69, 9.17) is 9.47 Å². The molecule has 0 aliphatic carbocycles. The van der Waals surface area contributed by atoms with E-state index in [9.17, 15) is 13.2 Å². The Balaban J connectivity index is 2.50. The van der Waals surface area contributed by atoms with Gasteiger partial charge in [-0.15, -0.1) is 0 Å². The van der Waals surface area contributed by atoms with Crippen molar-refractivity contribution in [1.29, 1.82) is 0 Å². The average molecular weight is 430 g/mol. The highest BCUT2D eigenvalue weighted by molar-refractivity contribution is 9.10. The summed E-state index contributed by atoms with van der Waals surface area (Å²) in [5.74, 6) is -0.160. The third kappa shape index (κ3) is 4.23. The number of methoxy groups -OCH3 is 3. The van der Waals surface area contributed by atoms with Gasteiger partial charge in [0.05, 0.1) is 32.6 Å². The van der Waals surface area contributed by atoms with Crippen LogP contribution in [0.1, 0.15) is 10.4 Å². The summed E-state index contributed by atoms with van der Waals surface area (Å²) in [7, 11) is 0.0106. The predicted molar refractivity (Wildman–Crippen MR) is 95.8 cm³/mol. The van der Waals surface area contributed by atoms with Crippen molar-refractivity contribution in [2.45, 2.75) is 4.90 Å². The number of benzene rings is 2. The van der Waals surface area contributed by atoms with Crippen LogP contribution in [0.2, 0.25) is 0 Å². The summed E-state index contributed by atoms with van der Waals surface area (Å²) in [6.07, 6.45) is 0. The van der Waals surface area contributed by atoms with Gasteiger partial charge in [0.1, 0.15) is 16.4 Å². The normalized spacial score (nSPS) is 10.9. The molecule has 25 heavy (non-hydrogen) atoms. The molecule has 0 spiro atoms. The molecule has 0 unspecified atom stereocenters. The van der Waals surface area contributed by atoms with E-state index in [1.165, 1.54) is 51.7 Å². The number of esters is 1. The quantitative estimate of drug-likeness (QED) is 0.709. The number of ether oxygens (including phenoxy) is 3. The average Bonchev–Trinajstić information content (AvgIpc) is 2.60. The highest BCUT2D eigenvalue weighted by atomic mass is 79.9. The minimum absolute atomic E-state index is 0.0603. The fourth-order valence-corrected chi connectivity index (χ4v) is 3.86. The highest BCUT2D eigenvalue weighted by Crippen LogP contribution is 2.32. The second-order valence-electron chi connectivity index (χ2n) is 4.81. The van der Waals surface area contributed by atoms with Crippen molar-refractivity contribution >= 4 is 37.6 Å². The zero-order chi connectivity index (χ0) is 18.6. The molecule has 9 heteroatoms. The molecule has 0 amide bonds. The van der Waals surface area contributed by atoms with Crippen molar-refractivity contribution in [1.82, 2.24) is 0 Å². The lowest BCUT2D eigenvalue weighted by Gasteiger charge is -2.15. The molecule has 0 atom stereocenters. The Morgan fingerprint density at radius 2 is 1.64 bits per heavy atom. The van der Waals surface area contributed by atoms with Crippen LogP contribution in [-0.4, -0.2) is 35.7 Å². The van der Waals surface area contributed by atoms with Gasteiger partial charge in [-0.1, -0.05) is 15.9 Å². The molecule has 0 fully saturated rings. The number of carbonyl (C=O) groups is 1. The lowest BCUT2D eigenvalue weighted by Crippen LogP contribution is -2.15. The molecule has 0 heterocycles. The summed E-state index contributed by atoms with van der Waals surface area (Å²) < 4.78 is 43.4. The summed E-state index contributed by atoms with van der Waals surface area (Å²) in [6.45, 7) is 0. The first-order valence-electron chi connectivity index (χ1n) is 6.95. The van der Waals surface area contributed by atoms with Crippen LogP contribution < -0.4 is 14.2 Å². The SMILES string of the molecule is COC(=O)c1ccc(OC)c(NS(=O)(=O)c2cc(Br)ccc2OC)c1. The lowest BCUT2D eigenvalue weighted by molar-refractivity contribution is 0.0600. The standard InChI is InChI=1S/C16H16BrNO6S/c1-22-13-6-4-10(16(19)24-3)8-12(13)18-25(20,21)15-9-11(17)5-7-14(15)23-2/h4-9,18H,1-3H3. The van der Waals surface area contributed by atoms with Crippen LogP contribution in [0.4, 0.5) is 5.69 Å². The van der Waals surface area contributed by atoms with Crippen LogP contribution in [0.3, 0.4) is 0 Å². The molecule has 7 nitrogen and oxygen atoms in total. The van der Waals surface area contributed by atoms with Gasteiger partial charge < -0.3 is 14.2 Å². The van der Waals surface area contributed by atoms with Crippen LogP contribution in [-0.2, 0) is 14.8 Å².